The Morgan fingerprint density at radius 1 is 1.06 bits per heavy atom. The molecule has 1 aliphatic carbocycles. The van der Waals surface area contributed by atoms with Crippen molar-refractivity contribution in [1.29, 1.82) is 0 Å². The van der Waals surface area contributed by atoms with E-state index in [9.17, 15) is 4.79 Å². The number of carbonyl (C=O) groups excluding carboxylic acids is 1. The second-order valence-electron chi connectivity index (χ2n) is 9.67. The van der Waals surface area contributed by atoms with Gasteiger partial charge < -0.3 is 26.6 Å². The quantitative estimate of drug-likeness (QED) is 0.339. The minimum absolute atomic E-state index is 0.173. The van der Waals surface area contributed by atoms with Crippen LogP contribution in [-0.2, 0) is 18.5 Å². The van der Waals surface area contributed by atoms with Crippen LogP contribution in [0.3, 0.4) is 0 Å². The molecule has 1 amide bonds. The zero-order valence-electron chi connectivity index (χ0n) is 20.4. The Labute approximate surface area is 205 Å². The Hall–Kier alpha value is -3.56. The van der Waals surface area contributed by atoms with Gasteiger partial charge in [-0.2, -0.15) is 4.98 Å². The first-order chi connectivity index (χ1) is 16.9. The molecule has 0 saturated heterocycles. The number of carbonyl (C=O) groups is 1. The van der Waals surface area contributed by atoms with Crippen LogP contribution >= 0.6 is 0 Å². The molecule has 2 aliphatic rings. The van der Waals surface area contributed by atoms with Crippen molar-refractivity contribution in [3.63, 3.8) is 0 Å². The van der Waals surface area contributed by atoms with Crippen LogP contribution in [0, 0.1) is 0 Å². The zero-order chi connectivity index (χ0) is 24.4. The lowest BCUT2D eigenvalue weighted by molar-refractivity contribution is 0.0951. The number of pyridine rings is 1. The van der Waals surface area contributed by atoms with Gasteiger partial charge in [0.2, 0.25) is 5.95 Å². The molecule has 2 aromatic heterocycles. The molecule has 1 saturated carbocycles. The maximum absolute atomic E-state index is 12.9. The summed E-state index contributed by atoms with van der Waals surface area (Å²) in [4.78, 5) is 26.6. The second-order valence-corrected chi connectivity index (χ2v) is 9.67. The third-order valence-electron chi connectivity index (χ3n) is 6.58. The Morgan fingerprint density at radius 2 is 1.89 bits per heavy atom. The number of nitrogens with one attached hydrogen (secondary N) is 5. The summed E-state index contributed by atoms with van der Waals surface area (Å²) < 4.78 is 0. The molecule has 0 unspecified atom stereocenters. The highest BCUT2D eigenvalue weighted by molar-refractivity contribution is 5.99. The molecule has 9 heteroatoms. The summed E-state index contributed by atoms with van der Waals surface area (Å²) in [5, 5.41) is 16.3. The molecule has 0 bridgehead atoms. The third-order valence-corrected chi connectivity index (χ3v) is 6.58. The maximum atomic E-state index is 12.9. The molecule has 5 N–H and O–H groups in total. The number of nitrogens with zero attached hydrogens (tertiary/aromatic N) is 3. The van der Waals surface area contributed by atoms with Crippen molar-refractivity contribution in [3.05, 3.63) is 65.1 Å². The number of hydrogen-bond acceptors (Lipinski definition) is 8. The number of benzene rings is 1. The van der Waals surface area contributed by atoms with E-state index in [1.165, 1.54) is 11.1 Å². The van der Waals surface area contributed by atoms with E-state index in [1.54, 1.807) is 12.4 Å². The van der Waals surface area contributed by atoms with Crippen LogP contribution in [0.4, 0.5) is 23.1 Å². The van der Waals surface area contributed by atoms with Gasteiger partial charge in [-0.05, 0) is 82.1 Å². The molecular formula is C26H32N8O. The zero-order valence-corrected chi connectivity index (χ0v) is 20.4. The van der Waals surface area contributed by atoms with E-state index >= 15 is 0 Å². The fourth-order valence-corrected chi connectivity index (χ4v) is 3.99. The first kappa shape index (κ1) is 23.2. The molecule has 1 fully saturated rings. The van der Waals surface area contributed by atoms with Crippen LogP contribution < -0.4 is 26.6 Å². The lowest BCUT2D eigenvalue weighted by atomic mass is 10.00. The van der Waals surface area contributed by atoms with Gasteiger partial charge in [0.15, 0.2) is 0 Å². The highest BCUT2D eigenvalue weighted by Gasteiger charge is 2.26. The predicted octanol–water partition coefficient (Wildman–Crippen LogP) is 3.35. The number of anilines is 4. The van der Waals surface area contributed by atoms with E-state index in [0.717, 1.165) is 49.4 Å². The number of aromatic nitrogens is 3. The summed E-state index contributed by atoms with van der Waals surface area (Å²) in [5.41, 5.74) is 5.34. The minimum Gasteiger partial charge on any atom is -0.349 e. The van der Waals surface area contributed by atoms with E-state index in [1.807, 2.05) is 25.2 Å². The molecule has 182 valence electrons. The monoisotopic (exact) mass is 472 g/mol. The second kappa shape index (κ2) is 9.59. The van der Waals surface area contributed by atoms with Gasteiger partial charge in [0.1, 0.15) is 11.4 Å². The third kappa shape index (κ3) is 5.41. The topological polar surface area (TPSA) is 116 Å². The fraction of sp³-hybridized carbons (Fsp3) is 0.385. The van der Waals surface area contributed by atoms with E-state index in [0.29, 0.717) is 17.3 Å². The summed E-state index contributed by atoms with van der Waals surface area (Å²) in [6.45, 7) is 6.00. The van der Waals surface area contributed by atoms with Gasteiger partial charge in [0, 0.05) is 36.4 Å². The molecule has 3 aromatic rings. The summed E-state index contributed by atoms with van der Waals surface area (Å²) >= 11 is 0. The van der Waals surface area contributed by atoms with Crippen LogP contribution in [-0.4, -0.2) is 40.5 Å². The van der Waals surface area contributed by atoms with Crippen molar-refractivity contribution < 1.29 is 4.79 Å². The SMILES string of the molecule is CNC(C)(C)c1cc(Nc2nc(Nc3ccc4c(c3)CCNC4)ncc2C(=O)NC2CC2)ccn1. The van der Waals surface area contributed by atoms with Gasteiger partial charge in [-0.25, -0.2) is 4.98 Å². The van der Waals surface area contributed by atoms with Gasteiger partial charge >= 0.3 is 0 Å². The van der Waals surface area contributed by atoms with Gasteiger partial charge in [-0.3, -0.25) is 9.78 Å². The largest absolute Gasteiger partial charge is 0.349 e. The normalized spacial score (nSPS) is 15.3. The van der Waals surface area contributed by atoms with E-state index in [4.69, 9.17) is 4.98 Å². The van der Waals surface area contributed by atoms with Crippen LogP contribution in [0.25, 0.3) is 0 Å². The Bertz CT molecular complexity index is 1240. The van der Waals surface area contributed by atoms with Crippen LogP contribution in [0.5, 0.6) is 0 Å². The average molecular weight is 473 g/mol. The van der Waals surface area contributed by atoms with Crippen molar-refractivity contribution in [2.75, 3.05) is 24.2 Å². The van der Waals surface area contributed by atoms with Crippen molar-refractivity contribution in [3.8, 4) is 0 Å². The molecule has 0 radical (unpaired) electrons. The summed E-state index contributed by atoms with van der Waals surface area (Å²) in [6, 6.07) is 10.4. The molecule has 3 heterocycles. The lowest BCUT2D eigenvalue weighted by Gasteiger charge is -2.24. The first-order valence-electron chi connectivity index (χ1n) is 12.1. The fourth-order valence-electron chi connectivity index (χ4n) is 3.99. The Kier molecular flexibility index (Phi) is 6.36. The molecule has 9 nitrogen and oxygen atoms in total. The standard InChI is InChI=1S/C26H32N8O/c1-26(2,27-3)22-13-20(9-11-29-22)31-23-21(24(35)32-18-6-7-18)15-30-25(34-23)33-19-5-4-17-14-28-10-8-16(17)12-19/h4-5,9,11-13,15,18,27-28H,6-8,10,14H2,1-3H3,(H,32,35)(H2,29,30,31,33,34). The Morgan fingerprint density at radius 3 is 2.69 bits per heavy atom. The Balaban J connectivity index is 1.44. The van der Waals surface area contributed by atoms with E-state index < -0.39 is 0 Å². The average Bonchev–Trinajstić information content (AvgIpc) is 3.68. The maximum Gasteiger partial charge on any atom is 0.256 e. The van der Waals surface area contributed by atoms with Gasteiger partial charge in [-0.15, -0.1) is 0 Å². The number of fused-ring (bicyclic) bond motifs is 1. The predicted molar refractivity (Wildman–Crippen MR) is 137 cm³/mol. The number of amides is 1. The minimum atomic E-state index is -0.301. The van der Waals surface area contributed by atoms with Crippen LogP contribution in [0.1, 0.15) is 53.9 Å². The molecule has 5 rings (SSSR count). The summed E-state index contributed by atoms with van der Waals surface area (Å²) in [6.07, 6.45) is 6.35. The van der Waals surface area contributed by atoms with Crippen molar-refractivity contribution in [1.82, 2.24) is 30.9 Å². The molecule has 35 heavy (non-hydrogen) atoms. The highest BCUT2D eigenvalue weighted by Crippen LogP contribution is 2.27. The van der Waals surface area contributed by atoms with Gasteiger partial charge in [0.05, 0.1) is 11.2 Å². The molecular weight excluding hydrogens is 440 g/mol. The molecule has 1 aromatic carbocycles. The van der Waals surface area contributed by atoms with Crippen LogP contribution in [0.2, 0.25) is 0 Å². The highest BCUT2D eigenvalue weighted by atomic mass is 16.1. The molecule has 1 aliphatic heterocycles. The molecule has 0 spiro atoms. The van der Waals surface area contributed by atoms with Crippen LogP contribution in [0.15, 0.2) is 42.7 Å². The number of rotatable bonds is 8. The van der Waals surface area contributed by atoms with Crippen molar-refractivity contribution in [2.45, 2.75) is 51.2 Å². The van der Waals surface area contributed by atoms with Crippen molar-refractivity contribution >= 4 is 29.0 Å². The van der Waals surface area contributed by atoms with Crippen molar-refractivity contribution in [2.24, 2.45) is 0 Å². The molecule has 0 atom stereocenters. The van der Waals surface area contributed by atoms with Gasteiger partial charge in [0.25, 0.3) is 5.91 Å². The van der Waals surface area contributed by atoms with E-state index in [2.05, 4.69) is 62.5 Å². The van der Waals surface area contributed by atoms with E-state index in [-0.39, 0.29) is 17.5 Å². The number of hydrogen-bond donors (Lipinski definition) is 5. The summed E-state index contributed by atoms with van der Waals surface area (Å²) in [7, 11) is 1.90. The lowest BCUT2D eigenvalue weighted by Crippen LogP contribution is -2.34. The van der Waals surface area contributed by atoms with Gasteiger partial charge in [-0.1, -0.05) is 6.07 Å². The first-order valence-corrected chi connectivity index (χ1v) is 12.1. The smallest absolute Gasteiger partial charge is 0.256 e. The summed E-state index contributed by atoms with van der Waals surface area (Å²) in [5.74, 6) is 0.698.